The lowest BCUT2D eigenvalue weighted by Gasteiger charge is -2.29. The molecule has 6 heteroatoms. The van der Waals surface area contributed by atoms with Gasteiger partial charge in [0.25, 0.3) is 5.91 Å². The first-order valence-electron chi connectivity index (χ1n) is 7.99. The highest BCUT2D eigenvalue weighted by Crippen LogP contribution is 2.27. The van der Waals surface area contributed by atoms with Crippen molar-refractivity contribution in [3.05, 3.63) is 29.3 Å². The molecule has 0 fully saturated rings. The van der Waals surface area contributed by atoms with Gasteiger partial charge < -0.3 is 10.5 Å². The molecule has 0 radical (unpaired) electrons. The number of rotatable bonds is 5. The molecule has 1 aromatic rings. The molecular weight excluding hydrogens is 310 g/mol. The molecule has 2 rings (SSSR count). The highest BCUT2D eigenvalue weighted by molar-refractivity contribution is 7.98. The quantitative estimate of drug-likeness (QED) is 0.376. The van der Waals surface area contributed by atoms with Crippen LogP contribution < -0.4 is 5.32 Å². The van der Waals surface area contributed by atoms with Gasteiger partial charge in [0.05, 0.1) is 0 Å². The summed E-state index contributed by atoms with van der Waals surface area (Å²) in [4.78, 5) is 15.2. The number of benzene rings is 1. The molecule has 1 amide bonds. The summed E-state index contributed by atoms with van der Waals surface area (Å²) in [5, 5.41) is 14.0. The van der Waals surface area contributed by atoms with Gasteiger partial charge in [-0.05, 0) is 56.2 Å². The van der Waals surface area contributed by atoms with Gasteiger partial charge in [0.1, 0.15) is 6.21 Å². The molecule has 1 aliphatic rings. The lowest BCUT2D eigenvalue weighted by atomic mass is 9.99. The van der Waals surface area contributed by atoms with Gasteiger partial charge in [-0.2, -0.15) is 0 Å². The Balaban J connectivity index is 2.06. The maximum absolute atomic E-state index is 11.5. The maximum Gasteiger partial charge on any atom is 0.266 e. The van der Waals surface area contributed by atoms with Gasteiger partial charge >= 0.3 is 0 Å². The van der Waals surface area contributed by atoms with Crippen molar-refractivity contribution in [2.75, 3.05) is 19.3 Å². The highest BCUT2D eigenvalue weighted by atomic mass is 32.2. The van der Waals surface area contributed by atoms with Crippen molar-refractivity contribution >= 4 is 23.9 Å². The number of carbonyl (C=O) groups is 1. The van der Waals surface area contributed by atoms with Crippen LogP contribution in [0.5, 0.6) is 0 Å². The fourth-order valence-electron chi connectivity index (χ4n) is 3.09. The van der Waals surface area contributed by atoms with Crippen molar-refractivity contribution in [1.29, 1.82) is 0 Å². The SMILES string of the molecule is CSc1cccc2c1CN(C[C@H](C)NC(=O)/C=N\O)CCCC2. The molecule has 0 aliphatic carbocycles. The molecule has 0 bridgehead atoms. The second-order valence-electron chi connectivity index (χ2n) is 5.94. The molecule has 1 heterocycles. The maximum atomic E-state index is 11.5. The standard InChI is InChI=1S/C17H25N3O2S/c1-13(19-17(21)10-18-22)11-20-9-4-3-6-14-7-5-8-16(23-2)15(14)12-20/h5,7-8,10,13,22H,3-4,6,9,11-12H2,1-2H3,(H,19,21)/b18-10-/t13-/m0/s1. The number of fused-ring (bicyclic) bond motifs is 1. The van der Waals surface area contributed by atoms with E-state index in [0.29, 0.717) is 0 Å². The van der Waals surface area contributed by atoms with E-state index in [1.807, 2.05) is 6.92 Å². The summed E-state index contributed by atoms with van der Waals surface area (Å²) in [5.74, 6) is -0.364. The third-order valence-electron chi connectivity index (χ3n) is 4.10. The van der Waals surface area contributed by atoms with E-state index in [9.17, 15) is 4.79 Å². The van der Waals surface area contributed by atoms with Crippen molar-refractivity contribution in [2.45, 2.75) is 43.7 Å². The van der Waals surface area contributed by atoms with Crippen molar-refractivity contribution < 1.29 is 10.0 Å². The molecule has 0 saturated heterocycles. The van der Waals surface area contributed by atoms with Gasteiger partial charge in [0, 0.05) is 24.0 Å². The number of thioether (sulfide) groups is 1. The Morgan fingerprint density at radius 3 is 3.09 bits per heavy atom. The number of hydrogen-bond acceptors (Lipinski definition) is 5. The van der Waals surface area contributed by atoms with Gasteiger partial charge in [0.2, 0.25) is 0 Å². The molecule has 2 N–H and O–H groups in total. The van der Waals surface area contributed by atoms with Crippen LogP contribution in [-0.2, 0) is 17.8 Å². The van der Waals surface area contributed by atoms with Crippen LogP contribution in [0.2, 0.25) is 0 Å². The summed E-state index contributed by atoms with van der Waals surface area (Å²) in [5.41, 5.74) is 2.88. The third kappa shape index (κ3) is 5.25. The fourth-order valence-corrected chi connectivity index (χ4v) is 3.75. The number of hydrogen-bond donors (Lipinski definition) is 2. The van der Waals surface area contributed by atoms with E-state index in [1.165, 1.54) is 28.9 Å². The normalized spacial score (nSPS) is 17.3. The molecule has 0 saturated carbocycles. The summed E-state index contributed by atoms with van der Waals surface area (Å²) >= 11 is 1.80. The van der Waals surface area contributed by atoms with Crippen LogP contribution in [0.1, 0.15) is 30.9 Å². The van der Waals surface area contributed by atoms with Crippen LogP contribution in [0, 0.1) is 0 Å². The fraction of sp³-hybridized carbons (Fsp3) is 0.529. The van der Waals surface area contributed by atoms with Crippen LogP contribution in [0.4, 0.5) is 0 Å². The zero-order valence-corrected chi connectivity index (χ0v) is 14.6. The Bertz CT molecular complexity index is 563. The molecule has 126 valence electrons. The average Bonchev–Trinajstić information content (AvgIpc) is 2.49. The summed E-state index contributed by atoms with van der Waals surface area (Å²) in [6.07, 6.45) is 6.53. The third-order valence-corrected chi connectivity index (χ3v) is 4.92. The first-order chi connectivity index (χ1) is 11.1. The lowest BCUT2D eigenvalue weighted by molar-refractivity contribution is -0.115. The minimum Gasteiger partial charge on any atom is -0.411 e. The smallest absolute Gasteiger partial charge is 0.266 e. The Morgan fingerprint density at radius 2 is 2.35 bits per heavy atom. The van der Waals surface area contributed by atoms with E-state index in [1.54, 1.807) is 11.8 Å². The van der Waals surface area contributed by atoms with E-state index < -0.39 is 0 Å². The largest absolute Gasteiger partial charge is 0.411 e. The predicted molar refractivity (Wildman–Crippen MR) is 94.3 cm³/mol. The molecule has 1 aromatic carbocycles. The summed E-state index contributed by atoms with van der Waals surface area (Å²) in [6, 6.07) is 6.58. The van der Waals surface area contributed by atoms with E-state index in [4.69, 9.17) is 5.21 Å². The molecule has 5 nitrogen and oxygen atoms in total. The van der Waals surface area contributed by atoms with Gasteiger partial charge in [-0.1, -0.05) is 17.3 Å². The molecule has 0 spiro atoms. The zero-order chi connectivity index (χ0) is 16.7. The topological polar surface area (TPSA) is 64.9 Å². The predicted octanol–water partition coefficient (Wildman–Crippen LogP) is 2.51. The van der Waals surface area contributed by atoms with Gasteiger partial charge in [0.15, 0.2) is 0 Å². The number of carbonyl (C=O) groups excluding carboxylic acids is 1. The van der Waals surface area contributed by atoms with Crippen molar-refractivity contribution in [3.8, 4) is 0 Å². The molecule has 23 heavy (non-hydrogen) atoms. The van der Waals surface area contributed by atoms with Crippen LogP contribution >= 0.6 is 11.8 Å². The molecule has 0 unspecified atom stereocenters. The Kier molecular flexibility index (Phi) is 6.92. The van der Waals surface area contributed by atoms with Crippen molar-refractivity contribution in [1.82, 2.24) is 10.2 Å². The van der Waals surface area contributed by atoms with E-state index >= 15 is 0 Å². The first-order valence-corrected chi connectivity index (χ1v) is 9.21. The first kappa shape index (κ1) is 17.8. The average molecular weight is 335 g/mol. The summed E-state index contributed by atoms with van der Waals surface area (Å²) < 4.78 is 0. The lowest BCUT2D eigenvalue weighted by Crippen LogP contribution is -2.43. The van der Waals surface area contributed by atoms with Crippen LogP contribution in [-0.4, -0.2) is 47.6 Å². The zero-order valence-electron chi connectivity index (χ0n) is 13.8. The monoisotopic (exact) mass is 335 g/mol. The van der Waals surface area contributed by atoms with E-state index in [2.05, 4.69) is 39.8 Å². The van der Waals surface area contributed by atoms with Gasteiger partial charge in [-0.15, -0.1) is 11.8 Å². The van der Waals surface area contributed by atoms with E-state index in [0.717, 1.165) is 32.3 Å². The second kappa shape index (κ2) is 8.93. The molecule has 1 aliphatic heterocycles. The molecule has 0 aromatic heterocycles. The van der Waals surface area contributed by atoms with Crippen LogP contribution in [0.3, 0.4) is 0 Å². The summed E-state index contributed by atoms with van der Waals surface area (Å²) in [6.45, 7) is 4.72. The number of nitrogens with one attached hydrogen (secondary N) is 1. The van der Waals surface area contributed by atoms with Gasteiger partial charge in [-0.3, -0.25) is 9.69 Å². The second-order valence-corrected chi connectivity index (χ2v) is 6.79. The van der Waals surface area contributed by atoms with Crippen LogP contribution in [0.25, 0.3) is 0 Å². The Morgan fingerprint density at radius 1 is 1.52 bits per heavy atom. The van der Waals surface area contributed by atoms with Crippen molar-refractivity contribution in [2.24, 2.45) is 5.16 Å². The number of oxime groups is 1. The minimum absolute atomic E-state index is 0.00446. The van der Waals surface area contributed by atoms with Crippen LogP contribution in [0.15, 0.2) is 28.3 Å². The Hall–Kier alpha value is -1.53. The number of amides is 1. The molecular formula is C17H25N3O2S. The Labute approximate surface area is 142 Å². The highest BCUT2D eigenvalue weighted by Gasteiger charge is 2.18. The minimum atomic E-state index is -0.364. The summed E-state index contributed by atoms with van der Waals surface area (Å²) in [7, 11) is 0. The van der Waals surface area contributed by atoms with Crippen molar-refractivity contribution in [3.63, 3.8) is 0 Å². The molecule has 1 atom stereocenters. The van der Waals surface area contributed by atoms with E-state index in [-0.39, 0.29) is 11.9 Å². The number of aryl methyl sites for hydroxylation is 1. The van der Waals surface area contributed by atoms with Gasteiger partial charge in [-0.25, -0.2) is 0 Å². The number of nitrogens with zero attached hydrogens (tertiary/aromatic N) is 2.